The fourth-order valence-corrected chi connectivity index (χ4v) is 1.93. The molecule has 2 aromatic carbocycles. The van der Waals surface area contributed by atoms with Gasteiger partial charge in [0.05, 0.1) is 0 Å². The Morgan fingerprint density at radius 3 is 2.29 bits per heavy atom. The smallest absolute Gasteiger partial charge is 0.323 e. The first-order valence-corrected chi connectivity index (χ1v) is 6.73. The average molecular weight is 284 g/mol. The first-order chi connectivity index (χ1) is 10.1. The summed E-state index contributed by atoms with van der Waals surface area (Å²) >= 11 is 0. The third kappa shape index (κ3) is 4.22. The van der Waals surface area contributed by atoms with E-state index in [1.807, 2.05) is 67.5 Å². The first-order valence-electron chi connectivity index (χ1n) is 6.73. The van der Waals surface area contributed by atoms with Crippen molar-refractivity contribution >= 4 is 23.1 Å². The monoisotopic (exact) mass is 284 g/mol. The van der Waals surface area contributed by atoms with Crippen molar-refractivity contribution in [3.05, 3.63) is 54.1 Å². The number of carbonyl (C=O) groups excluding carboxylic acids is 1. The maximum absolute atomic E-state index is 12.0. The summed E-state index contributed by atoms with van der Waals surface area (Å²) in [6, 6.07) is 14.8. The number of amides is 2. The molecule has 110 valence electrons. The fourth-order valence-electron chi connectivity index (χ4n) is 1.93. The number of nitrogens with two attached hydrogens (primary N) is 1. The van der Waals surface area contributed by atoms with E-state index >= 15 is 0 Å². The second-order valence-corrected chi connectivity index (χ2v) is 4.93. The van der Waals surface area contributed by atoms with E-state index in [4.69, 9.17) is 5.73 Å². The SMILES string of the molecule is CN(C)c1cccc(NC(=O)Nc2cccc(CN)c2)c1. The van der Waals surface area contributed by atoms with Crippen LogP contribution in [0.15, 0.2) is 48.5 Å². The fraction of sp³-hybridized carbons (Fsp3) is 0.188. The van der Waals surface area contributed by atoms with Crippen molar-refractivity contribution in [3.8, 4) is 0 Å². The standard InChI is InChI=1S/C16H20N4O/c1-20(2)15-8-4-7-14(10-15)19-16(21)18-13-6-3-5-12(9-13)11-17/h3-10H,11,17H2,1-2H3,(H2,18,19,21). The molecule has 0 fully saturated rings. The summed E-state index contributed by atoms with van der Waals surface area (Å²) < 4.78 is 0. The van der Waals surface area contributed by atoms with E-state index in [-0.39, 0.29) is 6.03 Å². The molecule has 5 heteroatoms. The molecule has 2 amide bonds. The van der Waals surface area contributed by atoms with Crippen LogP contribution in [-0.4, -0.2) is 20.1 Å². The van der Waals surface area contributed by atoms with Crippen LogP contribution in [-0.2, 0) is 6.54 Å². The van der Waals surface area contributed by atoms with Gasteiger partial charge in [0, 0.05) is 37.7 Å². The Morgan fingerprint density at radius 1 is 1.05 bits per heavy atom. The van der Waals surface area contributed by atoms with Crippen LogP contribution in [0.1, 0.15) is 5.56 Å². The second kappa shape index (κ2) is 6.76. The lowest BCUT2D eigenvalue weighted by Gasteiger charge is -2.14. The number of anilines is 3. The lowest BCUT2D eigenvalue weighted by atomic mass is 10.2. The van der Waals surface area contributed by atoms with Crippen LogP contribution in [0.5, 0.6) is 0 Å². The molecule has 0 aliphatic heterocycles. The maximum Gasteiger partial charge on any atom is 0.323 e. The minimum Gasteiger partial charge on any atom is -0.378 e. The predicted octanol–water partition coefficient (Wildman–Crippen LogP) is 2.86. The zero-order valence-corrected chi connectivity index (χ0v) is 12.3. The molecule has 2 rings (SSSR count). The molecular weight excluding hydrogens is 264 g/mol. The highest BCUT2D eigenvalue weighted by molar-refractivity contribution is 6.00. The van der Waals surface area contributed by atoms with E-state index < -0.39 is 0 Å². The van der Waals surface area contributed by atoms with Crippen molar-refractivity contribution in [1.29, 1.82) is 0 Å². The quantitative estimate of drug-likeness (QED) is 0.808. The predicted molar refractivity (Wildman–Crippen MR) is 87.7 cm³/mol. The molecule has 4 N–H and O–H groups in total. The zero-order valence-electron chi connectivity index (χ0n) is 12.3. The highest BCUT2D eigenvalue weighted by Crippen LogP contribution is 2.18. The average Bonchev–Trinajstić information content (AvgIpc) is 2.47. The van der Waals surface area contributed by atoms with E-state index in [1.165, 1.54) is 0 Å². The van der Waals surface area contributed by atoms with Gasteiger partial charge in [0.2, 0.25) is 0 Å². The van der Waals surface area contributed by atoms with Gasteiger partial charge in [0.1, 0.15) is 0 Å². The number of nitrogens with zero attached hydrogens (tertiary/aromatic N) is 1. The number of carbonyl (C=O) groups is 1. The molecule has 5 nitrogen and oxygen atoms in total. The van der Waals surface area contributed by atoms with Crippen LogP contribution < -0.4 is 21.3 Å². The molecule has 0 aliphatic carbocycles. The molecule has 0 saturated carbocycles. The molecule has 0 spiro atoms. The van der Waals surface area contributed by atoms with Gasteiger partial charge in [0.15, 0.2) is 0 Å². The number of rotatable bonds is 4. The minimum atomic E-state index is -0.278. The molecule has 0 unspecified atom stereocenters. The largest absolute Gasteiger partial charge is 0.378 e. The van der Waals surface area contributed by atoms with Crippen molar-refractivity contribution in [2.24, 2.45) is 5.73 Å². The lowest BCUT2D eigenvalue weighted by molar-refractivity contribution is 0.262. The van der Waals surface area contributed by atoms with Gasteiger partial charge >= 0.3 is 6.03 Å². The highest BCUT2D eigenvalue weighted by Gasteiger charge is 2.04. The van der Waals surface area contributed by atoms with Crippen LogP contribution in [0.4, 0.5) is 21.9 Å². The molecule has 21 heavy (non-hydrogen) atoms. The maximum atomic E-state index is 12.0. The summed E-state index contributed by atoms with van der Waals surface area (Å²) in [4.78, 5) is 14.0. The molecule has 2 aromatic rings. The van der Waals surface area contributed by atoms with Crippen molar-refractivity contribution in [1.82, 2.24) is 0 Å². The van der Waals surface area contributed by atoms with E-state index in [1.54, 1.807) is 0 Å². The third-order valence-electron chi connectivity index (χ3n) is 3.04. The molecule has 0 radical (unpaired) electrons. The second-order valence-electron chi connectivity index (χ2n) is 4.93. The van der Waals surface area contributed by atoms with Crippen molar-refractivity contribution < 1.29 is 4.79 Å². The molecule has 0 heterocycles. The Kier molecular flexibility index (Phi) is 4.79. The Morgan fingerprint density at radius 2 is 1.67 bits per heavy atom. The number of urea groups is 1. The summed E-state index contributed by atoms with van der Waals surface area (Å²) in [7, 11) is 3.91. The molecule has 0 aliphatic rings. The molecule has 0 aromatic heterocycles. The van der Waals surface area contributed by atoms with Gasteiger partial charge in [-0.1, -0.05) is 18.2 Å². The Labute approximate surface area is 124 Å². The third-order valence-corrected chi connectivity index (χ3v) is 3.04. The highest BCUT2D eigenvalue weighted by atomic mass is 16.2. The summed E-state index contributed by atoms with van der Waals surface area (Å²) in [5.41, 5.74) is 9.05. The van der Waals surface area contributed by atoms with Crippen molar-refractivity contribution in [2.75, 3.05) is 29.6 Å². The van der Waals surface area contributed by atoms with Crippen molar-refractivity contribution in [3.63, 3.8) is 0 Å². The summed E-state index contributed by atoms with van der Waals surface area (Å²) in [5.74, 6) is 0. The van der Waals surface area contributed by atoms with Gasteiger partial charge in [0.25, 0.3) is 0 Å². The summed E-state index contributed by atoms with van der Waals surface area (Å²) in [6.45, 7) is 0.446. The topological polar surface area (TPSA) is 70.4 Å². The van der Waals surface area contributed by atoms with Crippen LogP contribution in [0, 0.1) is 0 Å². The summed E-state index contributed by atoms with van der Waals surface area (Å²) in [6.07, 6.45) is 0. The van der Waals surface area contributed by atoms with Crippen LogP contribution in [0.3, 0.4) is 0 Å². The first kappa shape index (κ1) is 14.9. The molecule has 0 saturated heterocycles. The van der Waals surface area contributed by atoms with E-state index in [2.05, 4.69) is 10.6 Å². The Bertz CT molecular complexity index is 625. The van der Waals surface area contributed by atoms with Gasteiger partial charge < -0.3 is 21.3 Å². The molecule has 0 bridgehead atoms. The number of hydrogen-bond acceptors (Lipinski definition) is 3. The van der Waals surface area contributed by atoms with Gasteiger partial charge in [-0.3, -0.25) is 0 Å². The minimum absolute atomic E-state index is 0.278. The van der Waals surface area contributed by atoms with Crippen LogP contribution in [0.2, 0.25) is 0 Å². The van der Waals surface area contributed by atoms with Crippen LogP contribution >= 0.6 is 0 Å². The lowest BCUT2D eigenvalue weighted by Crippen LogP contribution is -2.20. The van der Waals surface area contributed by atoms with Crippen molar-refractivity contribution in [2.45, 2.75) is 6.54 Å². The van der Waals surface area contributed by atoms with E-state index in [0.29, 0.717) is 6.54 Å². The summed E-state index contributed by atoms with van der Waals surface area (Å²) in [5, 5.41) is 5.61. The molecule has 0 atom stereocenters. The Hall–Kier alpha value is -2.53. The van der Waals surface area contributed by atoms with Gasteiger partial charge in [-0.15, -0.1) is 0 Å². The van der Waals surface area contributed by atoms with E-state index in [0.717, 1.165) is 22.6 Å². The van der Waals surface area contributed by atoms with Gasteiger partial charge in [-0.2, -0.15) is 0 Å². The molecular formula is C16H20N4O. The number of nitrogens with one attached hydrogen (secondary N) is 2. The van der Waals surface area contributed by atoms with Crippen LogP contribution in [0.25, 0.3) is 0 Å². The Balaban J connectivity index is 2.02. The van der Waals surface area contributed by atoms with Gasteiger partial charge in [-0.05, 0) is 35.9 Å². The normalized spacial score (nSPS) is 10.0. The zero-order chi connectivity index (χ0) is 15.2. The number of hydrogen-bond donors (Lipinski definition) is 3. The number of benzene rings is 2. The van der Waals surface area contributed by atoms with Gasteiger partial charge in [-0.25, -0.2) is 4.79 Å². The van der Waals surface area contributed by atoms with E-state index in [9.17, 15) is 4.79 Å².